The van der Waals surface area contributed by atoms with Crippen molar-refractivity contribution < 1.29 is 19.1 Å². The van der Waals surface area contributed by atoms with Gasteiger partial charge in [0.05, 0.1) is 11.7 Å². The van der Waals surface area contributed by atoms with E-state index in [-0.39, 0.29) is 24.0 Å². The van der Waals surface area contributed by atoms with E-state index in [2.05, 4.69) is 20.5 Å². The third kappa shape index (κ3) is 4.09. The highest BCUT2D eigenvalue weighted by molar-refractivity contribution is 6.04. The number of aryl methyl sites for hydroxylation is 1. The summed E-state index contributed by atoms with van der Waals surface area (Å²) >= 11 is 0. The van der Waals surface area contributed by atoms with Crippen molar-refractivity contribution in [2.45, 2.75) is 44.9 Å². The molecule has 1 saturated heterocycles. The van der Waals surface area contributed by atoms with Gasteiger partial charge in [0.15, 0.2) is 5.82 Å². The average Bonchev–Trinajstić information content (AvgIpc) is 3.60. The van der Waals surface area contributed by atoms with E-state index in [1.54, 1.807) is 28.0 Å². The molecular weight excluding hydrogens is 465 g/mol. The third-order valence-corrected chi connectivity index (χ3v) is 7.08. The fourth-order valence-corrected chi connectivity index (χ4v) is 5.18. The van der Waals surface area contributed by atoms with E-state index in [0.717, 1.165) is 36.3 Å². The van der Waals surface area contributed by atoms with Crippen molar-refractivity contribution in [2.75, 3.05) is 25.0 Å². The number of anilines is 1. The van der Waals surface area contributed by atoms with Gasteiger partial charge in [0, 0.05) is 39.1 Å². The number of rotatable bonds is 3. The number of amides is 3. The fraction of sp³-hybridized carbons (Fsp3) is 0.400. The van der Waals surface area contributed by atoms with Crippen molar-refractivity contribution in [1.29, 1.82) is 0 Å². The van der Waals surface area contributed by atoms with Gasteiger partial charge in [-0.05, 0) is 54.7 Å². The number of aliphatic hydroxyl groups is 1. The summed E-state index contributed by atoms with van der Waals surface area (Å²) in [5.74, 6) is 0.631. The molecule has 2 aromatic heterocycles. The summed E-state index contributed by atoms with van der Waals surface area (Å²) < 4.78 is 16.9. The van der Waals surface area contributed by atoms with E-state index in [1.165, 1.54) is 12.1 Å². The first kappa shape index (κ1) is 22.6. The number of hydrogen-bond donors (Lipinski definition) is 2. The van der Waals surface area contributed by atoms with Crippen molar-refractivity contribution >= 4 is 17.8 Å². The predicted molar refractivity (Wildman–Crippen MR) is 128 cm³/mol. The van der Waals surface area contributed by atoms with Crippen molar-refractivity contribution in [1.82, 2.24) is 29.5 Å². The lowest BCUT2D eigenvalue weighted by molar-refractivity contribution is 0.102. The minimum atomic E-state index is -0.613. The molecule has 0 spiro atoms. The van der Waals surface area contributed by atoms with Gasteiger partial charge >= 0.3 is 6.03 Å². The molecule has 1 atom stereocenters. The molecule has 6 rings (SSSR count). The van der Waals surface area contributed by atoms with Gasteiger partial charge in [-0.3, -0.25) is 4.79 Å². The second-order valence-corrected chi connectivity index (χ2v) is 9.50. The van der Waals surface area contributed by atoms with E-state index in [0.29, 0.717) is 44.0 Å². The summed E-state index contributed by atoms with van der Waals surface area (Å²) in [6, 6.07) is 7.96. The zero-order valence-corrected chi connectivity index (χ0v) is 19.7. The van der Waals surface area contributed by atoms with Crippen molar-refractivity contribution in [3.63, 3.8) is 0 Å². The summed E-state index contributed by atoms with van der Waals surface area (Å²) in [7, 11) is 0. The van der Waals surface area contributed by atoms with E-state index in [9.17, 15) is 19.1 Å². The van der Waals surface area contributed by atoms with E-state index in [4.69, 9.17) is 0 Å². The smallest absolute Gasteiger partial charge is 0.320 e. The Morgan fingerprint density at radius 1 is 1.06 bits per heavy atom. The van der Waals surface area contributed by atoms with Gasteiger partial charge in [-0.25, -0.2) is 14.2 Å². The van der Waals surface area contributed by atoms with Crippen LogP contribution in [0.2, 0.25) is 0 Å². The lowest BCUT2D eigenvalue weighted by atomic mass is 9.96. The second-order valence-electron chi connectivity index (χ2n) is 9.50. The van der Waals surface area contributed by atoms with Crippen LogP contribution in [-0.4, -0.2) is 72.3 Å². The summed E-state index contributed by atoms with van der Waals surface area (Å²) in [5, 5.41) is 20.9. The number of carbonyl (C=O) groups excluding carboxylic acids is 2. The molecule has 11 heteroatoms. The Kier molecular flexibility index (Phi) is 5.63. The SMILES string of the molecule is O=C(Nc1cccc(-c2nnc3n2CCC3)n1)c1cc2c(cc1F)CCN(C(=O)N1CC[C@@H](O)C1)C2. The Morgan fingerprint density at radius 3 is 2.78 bits per heavy atom. The van der Waals surface area contributed by atoms with Crippen LogP contribution in [0.4, 0.5) is 15.0 Å². The van der Waals surface area contributed by atoms with Gasteiger partial charge in [-0.15, -0.1) is 10.2 Å². The molecule has 5 heterocycles. The van der Waals surface area contributed by atoms with Crippen LogP contribution in [-0.2, 0) is 25.9 Å². The maximum atomic E-state index is 14.9. The highest BCUT2D eigenvalue weighted by atomic mass is 19.1. The van der Waals surface area contributed by atoms with Crippen molar-refractivity contribution in [3.05, 3.63) is 58.7 Å². The molecule has 3 aliphatic heterocycles. The Bertz CT molecular complexity index is 1360. The Morgan fingerprint density at radius 2 is 1.94 bits per heavy atom. The lowest BCUT2D eigenvalue weighted by Gasteiger charge is -2.32. The van der Waals surface area contributed by atoms with Crippen LogP contribution < -0.4 is 5.32 Å². The first-order chi connectivity index (χ1) is 17.5. The number of carbonyl (C=O) groups is 2. The molecule has 10 nitrogen and oxygen atoms in total. The minimum Gasteiger partial charge on any atom is -0.391 e. The number of nitrogens with one attached hydrogen (secondary N) is 1. The molecular formula is C25H26FN7O3. The van der Waals surface area contributed by atoms with E-state index in [1.807, 2.05) is 4.57 Å². The monoisotopic (exact) mass is 491 g/mol. The molecule has 3 aliphatic rings. The van der Waals surface area contributed by atoms with Gasteiger partial charge < -0.3 is 24.8 Å². The standard InChI is InChI=1S/C25H26FN7O3/c26-19-12-15-6-9-31(25(36)32-10-7-17(34)14-32)13-16(15)11-18(19)24(35)28-21-4-1-3-20(27-21)23-30-29-22-5-2-8-33(22)23/h1,3-4,11-12,17,34H,2,5-10,13-14H2,(H,27,28,35)/t17-/m1/s1. The largest absolute Gasteiger partial charge is 0.391 e. The van der Waals surface area contributed by atoms with Gasteiger partial charge in [0.25, 0.3) is 5.91 Å². The number of nitrogens with zero attached hydrogens (tertiary/aromatic N) is 6. The summed E-state index contributed by atoms with van der Waals surface area (Å²) in [5.41, 5.74) is 2.01. The highest BCUT2D eigenvalue weighted by Crippen LogP contribution is 2.26. The lowest BCUT2D eigenvalue weighted by Crippen LogP contribution is -2.44. The molecule has 0 aliphatic carbocycles. The maximum Gasteiger partial charge on any atom is 0.320 e. The number of aliphatic hydroxyl groups excluding tert-OH is 1. The number of benzene rings is 1. The number of β-amino-alcohol motifs (C(OH)–C–C–N with tert-alkyl or cyclic N) is 1. The van der Waals surface area contributed by atoms with Crippen molar-refractivity contribution in [2.24, 2.45) is 0 Å². The van der Waals surface area contributed by atoms with Crippen LogP contribution in [0.25, 0.3) is 11.5 Å². The van der Waals surface area contributed by atoms with Gasteiger partial charge in [-0.2, -0.15) is 0 Å². The number of hydrogen-bond acceptors (Lipinski definition) is 6. The molecule has 1 fully saturated rings. The van der Waals surface area contributed by atoms with Crippen molar-refractivity contribution in [3.8, 4) is 11.5 Å². The van der Waals surface area contributed by atoms with E-state index >= 15 is 0 Å². The number of aromatic nitrogens is 4. The van der Waals surface area contributed by atoms with Crippen LogP contribution in [0.1, 0.15) is 40.2 Å². The molecule has 36 heavy (non-hydrogen) atoms. The second kappa shape index (κ2) is 8.98. The summed E-state index contributed by atoms with van der Waals surface area (Å²) in [4.78, 5) is 33.7. The number of halogens is 1. The van der Waals surface area contributed by atoms with Crippen LogP contribution in [0.3, 0.4) is 0 Å². The van der Waals surface area contributed by atoms with Gasteiger partial charge in [0.2, 0.25) is 0 Å². The normalized spacial score (nSPS) is 18.8. The highest BCUT2D eigenvalue weighted by Gasteiger charge is 2.31. The number of likely N-dealkylation sites (tertiary alicyclic amines) is 1. The number of urea groups is 1. The first-order valence-corrected chi connectivity index (χ1v) is 12.2. The van der Waals surface area contributed by atoms with Gasteiger partial charge in [-0.1, -0.05) is 6.07 Å². The third-order valence-electron chi connectivity index (χ3n) is 7.08. The number of fused-ring (bicyclic) bond motifs is 2. The summed E-state index contributed by atoms with van der Waals surface area (Å²) in [6.45, 7) is 2.42. The summed E-state index contributed by atoms with van der Waals surface area (Å²) in [6.07, 6.45) is 2.47. The fourth-order valence-electron chi connectivity index (χ4n) is 5.18. The molecule has 0 unspecified atom stereocenters. The molecule has 186 valence electrons. The Hall–Kier alpha value is -3.86. The maximum absolute atomic E-state index is 14.9. The number of pyridine rings is 1. The van der Waals surface area contributed by atoms with Crippen LogP contribution in [0.15, 0.2) is 30.3 Å². The molecule has 2 N–H and O–H groups in total. The minimum absolute atomic E-state index is 0.102. The zero-order valence-electron chi connectivity index (χ0n) is 19.7. The molecule has 1 aromatic carbocycles. The zero-order chi connectivity index (χ0) is 24.8. The molecule has 0 radical (unpaired) electrons. The van der Waals surface area contributed by atoms with Gasteiger partial charge in [0.1, 0.15) is 23.2 Å². The van der Waals surface area contributed by atoms with E-state index < -0.39 is 17.8 Å². The van der Waals surface area contributed by atoms with Crippen LogP contribution in [0, 0.1) is 5.82 Å². The molecule has 0 saturated carbocycles. The molecule has 3 amide bonds. The Labute approximate surface area is 206 Å². The molecule has 3 aromatic rings. The Balaban J connectivity index is 1.20. The average molecular weight is 492 g/mol. The first-order valence-electron chi connectivity index (χ1n) is 12.2. The van der Waals surface area contributed by atoms with Crippen LogP contribution >= 0.6 is 0 Å². The quantitative estimate of drug-likeness (QED) is 0.581. The predicted octanol–water partition coefficient (Wildman–Crippen LogP) is 2.22. The van der Waals surface area contributed by atoms with Crippen LogP contribution in [0.5, 0.6) is 0 Å². The topological polar surface area (TPSA) is 116 Å². The molecule has 0 bridgehead atoms.